The van der Waals surface area contributed by atoms with Crippen molar-refractivity contribution < 1.29 is 19.6 Å². The van der Waals surface area contributed by atoms with E-state index in [0.717, 1.165) is 4.90 Å². The van der Waals surface area contributed by atoms with Crippen molar-refractivity contribution in [3.63, 3.8) is 0 Å². The number of amides is 1. The van der Waals surface area contributed by atoms with Gasteiger partial charge in [-0.25, -0.2) is 0 Å². The van der Waals surface area contributed by atoms with E-state index in [2.05, 4.69) is 0 Å². The molecule has 1 aromatic rings. The minimum atomic E-state index is -0.859. The number of carboxylic acid groups (broad SMARTS) is 1. The third-order valence-corrected chi connectivity index (χ3v) is 4.49. The Morgan fingerprint density at radius 1 is 1.36 bits per heavy atom. The molecule has 1 aromatic carbocycles. The van der Waals surface area contributed by atoms with Crippen LogP contribution in [0.3, 0.4) is 0 Å². The normalized spacial score (nSPS) is 15.6. The average molecular weight is 324 g/mol. The number of hydrogen-bond donors (Lipinski definition) is 1. The number of thioether (sulfide) groups is 1. The molecule has 1 N–H and O–H groups in total. The van der Waals surface area contributed by atoms with Gasteiger partial charge >= 0.3 is 5.97 Å². The predicted octanol–water partition coefficient (Wildman–Crippen LogP) is 2.25. The first kappa shape index (κ1) is 16.3. The number of rotatable bonds is 4. The number of carboxylic acids is 1. The molecule has 0 bridgehead atoms. The summed E-state index contributed by atoms with van der Waals surface area (Å²) in [7, 11) is 0. The van der Waals surface area contributed by atoms with Crippen LogP contribution >= 0.6 is 11.8 Å². The molecule has 7 nitrogen and oxygen atoms in total. The van der Waals surface area contributed by atoms with Crippen LogP contribution < -0.4 is 0 Å². The molecular formula is C14H16N2O5S. The van der Waals surface area contributed by atoms with Gasteiger partial charge in [0.2, 0.25) is 0 Å². The molecule has 1 aliphatic heterocycles. The molecule has 1 aliphatic rings. The van der Waals surface area contributed by atoms with Crippen molar-refractivity contribution in [2.75, 3.05) is 19.3 Å². The molecule has 8 heteroatoms. The molecular weight excluding hydrogens is 308 g/mol. The lowest BCUT2D eigenvalue weighted by molar-refractivity contribution is -0.385. The van der Waals surface area contributed by atoms with Crippen molar-refractivity contribution >= 4 is 29.3 Å². The van der Waals surface area contributed by atoms with E-state index in [1.54, 1.807) is 6.07 Å². The van der Waals surface area contributed by atoms with E-state index < -0.39 is 22.7 Å². The Bertz CT molecular complexity index is 611. The number of hydrogen-bond acceptors (Lipinski definition) is 5. The van der Waals surface area contributed by atoms with E-state index >= 15 is 0 Å². The van der Waals surface area contributed by atoms with Crippen LogP contribution in [0.4, 0.5) is 5.69 Å². The number of nitrogens with zero attached hydrogens (tertiary/aromatic N) is 2. The zero-order chi connectivity index (χ0) is 16.3. The van der Waals surface area contributed by atoms with Gasteiger partial charge in [-0.3, -0.25) is 19.7 Å². The predicted molar refractivity (Wildman–Crippen MR) is 81.1 cm³/mol. The molecule has 0 aliphatic carbocycles. The van der Waals surface area contributed by atoms with Gasteiger partial charge in [0.1, 0.15) is 5.56 Å². The van der Waals surface area contributed by atoms with Crippen LogP contribution in [0.5, 0.6) is 0 Å². The van der Waals surface area contributed by atoms with Crippen molar-refractivity contribution in [2.24, 2.45) is 5.92 Å². The molecule has 0 spiro atoms. The largest absolute Gasteiger partial charge is 0.481 e. The fourth-order valence-corrected chi connectivity index (χ4v) is 2.91. The van der Waals surface area contributed by atoms with Crippen molar-refractivity contribution in [1.82, 2.24) is 4.90 Å². The van der Waals surface area contributed by atoms with Crippen molar-refractivity contribution in [3.8, 4) is 0 Å². The number of carbonyl (C=O) groups is 2. The van der Waals surface area contributed by atoms with Crippen LogP contribution in [0, 0.1) is 16.0 Å². The Kier molecular flexibility index (Phi) is 5.02. The molecule has 0 radical (unpaired) electrons. The van der Waals surface area contributed by atoms with Gasteiger partial charge in [0.05, 0.1) is 10.8 Å². The second-order valence-corrected chi connectivity index (χ2v) is 5.92. The molecule has 2 rings (SSSR count). The van der Waals surface area contributed by atoms with Gasteiger partial charge in [0.15, 0.2) is 0 Å². The molecule has 1 heterocycles. The summed E-state index contributed by atoms with van der Waals surface area (Å²) in [6.45, 7) is 0.604. The lowest BCUT2D eigenvalue weighted by atomic mass is 9.96. The monoisotopic (exact) mass is 324 g/mol. The second-order valence-electron chi connectivity index (χ2n) is 5.04. The van der Waals surface area contributed by atoms with Gasteiger partial charge in [0.25, 0.3) is 11.6 Å². The third-order valence-electron chi connectivity index (χ3n) is 3.76. The number of aliphatic carboxylic acids is 1. The molecule has 0 saturated carbocycles. The smallest absolute Gasteiger partial charge is 0.306 e. The molecule has 0 aromatic heterocycles. The first-order valence-electron chi connectivity index (χ1n) is 6.78. The maximum atomic E-state index is 12.5. The number of carbonyl (C=O) groups excluding carboxylic acids is 1. The lowest BCUT2D eigenvalue weighted by Crippen LogP contribution is -2.40. The summed E-state index contributed by atoms with van der Waals surface area (Å²) in [4.78, 5) is 36.3. The summed E-state index contributed by atoms with van der Waals surface area (Å²) in [5.41, 5.74) is -0.159. The van der Waals surface area contributed by atoms with Gasteiger partial charge < -0.3 is 10.0 Å². The van der Waals surface area contributed by atoms with Crippen LogP contribution in [0.25, 0.3) is 0 Å². The van der Waals surface area contributed by atoms with E-state index in [0.29, 0.717) is 25.9 Å². The van der Waals surface area contributed by atoms with Crippen LogP contribution in [-0.2, 0) is 4.79 Å². The summed E-state index contributed by atoms with van der Waals surface area (Å²) in [5, 5.41) is 20.1. The first-order chi connectivity index (χ1) is 10.4. The van der Waals surface area contributed by atoms with Crippen molar-refractivity contribution in [2.45, 2.75) is 17.7 Å². The summed E-state index contributed by atoms with van der Waals surface area (Å²) in [6.07, 6.45) is 2.57. The number of nitro groups is 1. The zero-order valence-corrected chi connectivity index (χ0v) is 12.8. The standard InChI is InChI=1S/C14H16N2O5S/c1-22-10-2-3-12(16(20)21)11(8-10)13(17)15-6-4-9(5-7-15)14(18)19/h2-3,8-9H,4-7H2,1H3,(H,18,19). The Hall–Kier alpha value is -2.09. The van der Waals surface area contributed by atoms with Gasteiger partial charge in [-0.15, -0.1) is 11.8 Å². The van der Waals surface area contributed by atoms with E-state index in [9.17, 15) is 19.7 Å². The third kappa shape index (κ3) is 3.38. The quantitative estimate of drug-likeness (QED) is 0.518. The summed E-state index contributed by atoms with van der Waals surface area (Å²) in [6, 6.07) is 4.47. The second kappa shape index (κ2) is 6.78. The topological polar surface area (TPSA) is 101 Å². The Morgan fingerprint density at radius 2 is 2.00 bits per heavy atom. The summed E-state index contributed by atoms with van der Waals surface area (Å²) >= 11 is 1.40. The molecule has 1 saturated heterocycles. The van der Waals surface area contributed by atoms with Crippen LogP contribution in [-0.4, -0.2) is 46.2 Å². The Labute approximate surface area is 131 Å². The Balaban J connectivity index is 2.22. The number of piperidine rings is 1. The fourth-order valence-electron chi connectivity index (χ4n) is 2.47. The maximum Gasteiger partial charge on any atom is 0.306 e. The Morgan fingerprint density at radius 3 is 2.50 bits per heavy atom. The van der Waals surface area contributed by atoms with Gasteiger partial charge in [0, 0.05) is 24.1 Å². The number of benzene rings is 1. The zero-order valence-electron chi connectivity index (χ0n) is 12.0. The minimum Gasteiger partial charge on any atom is -0.481 e. The van der Waals surface area contributed by atoms with Gasteiger partial charge in [-0.1, -0.05) is 0 Å². The maximum absolute atomic E-state index is 12.5. The average Bonchev–Trinajstić information content (AvgIpc) is 2.53. The minimum absolute atomic E-state index is 0.0608. The van der Waals surface area contributed by atoms with E-state index in [1.165, 1.54) is 28.8 Å². The molecule has 1 amide bonds. The van der Waals surface area contributed by atoms with Gasteiger partial charge in [-0.05, 0) is 31.2 Å². The first-order valence-corrected chi connectivity index (χ1v) is 8.01. The SMILES string of the molecule is CSc1ccc([N+](=O)[O-])c(C(=O)N2CCC(C(=O)O)CC2)c1. The highest BCUT2D eigenvalue weighted by molar-refractivity contribution is 7.98. The van der Waals surface area contributed by atoms with Crippen LogP contribution in [0.15, 0.2) is 23.1 Å². The van der Waals surface area contributed by atoms with Crippen LogP contribution in [0.2, 0.25) is 0 Å². The van der Waals surface area contributed by atoms with Crippen molar-refractivity contribution in [3.05, 3.63) is 33.9 Å². The molecule has 22 heavy (non-hydrogen) atoms. The highest BCUT2D eigenvalue weighted by Crippen LogP contribution is 2.27. The highest BCUT2D eigenvalue weighted by atomic mass is 32.2. The summed E-state index contributed by atoms with van der Waals surface area (Å²) in [5.74, 6) is -1.72. The number of nitro benzene ring substituents is 1. The van der Waals surface area contributed by atoms with Gasteiger partial charge in [-0.2, -0.15) is 0 Å². The lowest BCUT2D eigenvalue weighted by Gasteiger charge is -2.30. The fraction of sp³-hybridized carbons (Fsp3) is 0.429. The van der Waals surface area contributed by atoms with E-state index in [-0.39, 0.29) is 11.3 Å². The number of likely N-dealkylation sites (tertiary alicyclic amines) is 1. The molecule has 1 fully saturated rings. The van der Waals surface area contributed by atoms with E-state index in [1.807, 2.05) is 6.26 Å². The molecule has 118 valence electrons. The van der Waals surface area contributed by atoms with E-state index in [4.69, 9.17) is 5.11 Å². The highest BCUT2D eigenvalue weighted by Gasteiger charge is 2.30. The van der Waals surface area contributed by atoms with Crippen LogP contribution in [0.1, 0.15) is 23.2 Å². The molecule has 0 atom stereocenters. The molecule has 0 unspecified atom stereocenters. The summed E-state index contributed by atoms with van der Waals surface area (Å²) < 4.78 is 0. The van der Waals surface area contributed by atoms with Crippen molar-refractivity contribution in [1.29, 1.82) is 0 Å².